The van der Waals surface area contributed by atoms with Crippen LogP contribution in [0.3, 0.4) is 0 Å². The minimum atomic E-state index is 1.03. The van der Waals surface area contributed by atoms with Gasteiger partial charge in [-0.15, -0.1) is 0 Å². The fourth-order valence-corrected chi connectivity index (χ4v) is 1.29. The molecule has 0 N–H and O–H groups in total. The Morgan fingerprint density at radius 1 is 1.60 bits per heavy atom. The summed E-state index contributed by atoms with van der Waals surface area (Å²) in [6.45, 7) is 5.74. The van der Waals surface area contributed by atoms with E-state index in [1.165, 1.54) is 25.9 Å². The predicted octanol–water partition coefficient (Wildman–Crippen LogP) is 1.27. The zero-order valence-electron chi connectivity index (χ0n) is 7.01. The summed E-state index contributed by atoms with van der Waals surface area (Å²) in [5.41, 5.74) is 0. The third-order valence-corrected chi connectivity index (χ3v) is 2.12. The molecule has 1 aliphatic rings. The Hall–Kier alpha value is -0.370. The normalized spacial score (nSPS) is 31.4. The zero-order chi connectivity index (χ0) is 7.45. The molecule has 0 spiro atoms. The van der Waals surface area contributed by atoms with Crippen molar-refractivity contribution in [3.63, 3.8) is 0 Å². The zero-order valence-corrected chi connectivity index (χ0v) is 7.01. The number of quaternary nitrogens is 1. The van der Waals surface area contributed by atoms with Crippen molar-refractivity contribution in [2.24, 2.45) is 4.99 Å². The minimum Gasteiger partial charge on any atom is -0.282 e. The molecule has 0 saturated heterocycles. The fourth-order valence-electron chi connectivity index (χ4n) is 1.29. The van der Waals surface area contributed by atoms with Crippen LogP contribution >= 0.6 is 0 Å². The highest BCUT2D eigenvalue weighted by molar-refractivity contribution is 5.47. The Balaban J connectivity index is 2.30. The average molecular weight is 141 g/mol. The van der Waals surface area contributed by atoms with E-state index in [4.69, 9.17) is 0 Å². The molecule has 0 aromatic heterocycles. The number of rotatable bonds is 3. The van der Waals surface area contributed by atoms with Crippen molar-refractivity contribution in [1.29, 1.82) is 0 Å². The molecule has 0 saturated carbocycles. The first-order valence-corrected chi connectivity index (χ1v) is 4.12. The quantitative estimate of drug-likeness (QED) is 0.525. The molecule has 0 bridgehead atoms. The number of aliphatic imine (C=N–C) groups is 1. The molecule has 10 heavy (non-hydrogen) atoms. The molecule has 0 radical (unpaired) electrons. The van der Waals surface area contributed by atoms with Gasteiger partial charge >= 0.3 is 0 Å². The molecule has 1 atom stereocenters. The van der Waals surface area contributed by atoms with Gasteiger partial charge in [0.2, 0.25) is 0 Å². The second kappa shape index (κ2) is 3.15. The number of nitrogens with zero attached hydrogens (tertiary/aromatic N) is 2. The van der Waals surface area contributed by atoms with Crippen LogP contribution in [0.15, 0.2) is 4.99 Å². The second-order valence-electron chi connectivity index (χ2n) is 3.30. The van der Waals surface area contributed by atoms with Crippen LogP contribution in [0.25, 0.3) is 0 Å². The van der Waals surface area contributed by atoms with Gasteiger partial charge in [0.1, 0.15) is 6.54 Å². The third kappa shape index (κ3) is 1.81. The third-order valence-electron chi connectivity index (χ3n) is 2.12. The van der Waals surface area contributed by atoms with Crippen LogP contribution in [0, 0.1) is 0 Å². The first-order chi connectivity index (χ1) is 4.77. The second-order valence-corrected chi connectivity index (χ2v) is 3.30. The van der Waals surface area contributed by atoms with Crippen molar-refractivity contribution >= 4 is 6.34 Å². The molecule has 2 heteroatoms. The standard InChI is InChI=1S/C8H17N2/c1-3-4-6-10(2)7-5-9-8-10/h8H,3-7H2,1-2H3/q+1. The van der Waals surface area contributed by atoms with Crippen LogP contribution in [0.4, 0.5) is 0 Å². The molecule has 2 nitrogen and oxygen atoms in total. The van der Waals surface area contributed by atoms with Crippen LogP contribution < -0.4 is 0 Å². The summed E-state index contributed by atoms with van der Waals surface area (Å²) >= 11 is 0. The lowest BCUT2D eigenvalue weighted by Crippen LogP contribution is -2.41. The van der Waals surface area contributed by atoms with Gasteiger partial charge < -0.3 is 0 Å². The summed E-state index contributed by atoms with van der Waals surface area (Å²) in [4.78, 5) is 4.24. The van der Waals surface area contributed by atoms with Crippen molar-refractivity contribution < 1.29 is 4.48 Å². The lowest BCUT2D eigenvalue weighted by molar-refractivity contribution is -0.807. The van der Waals surface area contributed by atoms with Gasteiger partial charge in [-0.2, -0.15) is 0 Å². The van der Waals surface area contributed by atoms with Crippen molar-refractivity contribution in [2.45, 2.75) is 19.8 Å². The molecule has 0 aliphatic carbocycles. The minimum absolute atomic E-state index is 1.03. The van der Waals surface area contributed by atoms with Crippen molar-refractivity contribution in [3.8, 4) is 0 Å². The Kier molecular flexibility index (Phi) is 2.44. The topological polar surface area (TPSA) is 12.4 Å². The molecule has 1 rings (SSSR count). The molecule has 1 heterocycles. The predicted molar refractivity (Wildman–Crippen MR) is 44.2 cm³/mol. The van der Waals surface area contributed by atoms with Gasteiger partial charge in [-0.1, -0.05) is 13.3 Å². The molecular weight excluding hydrogens is 124 g/mol. The maximum absolute atomic E-state index is 4.24. The maximum atomic E-state index is 4.24. The van der Waals surface area contributed by atoms with Crippen LogP contribution in [0.5, 0.6) is 0 Å². The molecule has 58 valence electrons. The highest BCUT2D eigenvalue weighted by atomic mass is 15.4. The lowest BCUT2D eigenvalue weighted by Gasteiger charge is -2.24. The van der Waals surface area contributed by atoms with E-state index in [2.05, 4.69) is 25.3 Å². The molecule has 0 amide bonds. The van der Waals surface area contributed by atoms with Gasteiger partial charge in [0.25, 0.3) is 0 Å². The summed E-state index contributed by atoms with van der Waals surface area (Å²) in [6.07, 6.45) is 4.71. The van der Waals surface area contributed by atoms with Gasteiger partial charge in [0, 0.05) is 0 Å². The summed E-state index contributed by atoms with van der Waals surface area (Å²) < 4.78 is 1.06. The summed E-state index contributed by atoms with van der Waals surface area (Å²) in [6, 6.07) is 0. The molecule has 0 aromatic carbocycles. The van der Waals surface area contributed by atoms with E-state index >= 15 is 0 Å². The SMILES string of the molecule is CCCC[N+]1(C)C=NCC1. The highest BCUT2D eigenvalue weighted by Crippen LogP contribution is 2.06. The highest BCUT2D eigenvalue weighted by Gasteiger charge is 2.21. The molecule has 0 fully saturated rings. The van der Waals surface area contributed by atoms with E-state index < -0.39 is 0 Å². The molecule has 1 unspecified atom stereocenters. The van der Waals surface area contributed by atoms with E-state index in [1.807, 2.05) is 0 Å². The Labute approximate surface area is 63.2 Å². The number of hydrogen-bond donors (Lipinski definition) is 0. The Morgan fingerprint density at radius 3 is 2.90 bits per heavy atom. The molecular formula is C8H17N2+. The Bertz CT molecular complexity index is 131. The largest absolute Gasteiger partial charge is 0.282 e. The van der Waals surface area contributed by atoms with E-state index in [1.54, 1.807) is 0 Å². The van der Waals surface area contributed by atoms with Gasteiger partial charge in [-0.25, -0.2) is 4.99 Å². The van der Waals surface area contributed by atoms with E-state index in [9.17, 15) is 0 Å². The molecule has 1 aliphatic heterocycles. The van der Waals surface area contributed by atoms with Crippen molar-refractivity contribution in [3.05, 3.63) is 0 Å². The van der Waals surface area contributed by atoms with Crippen LogP contribution in [-0.2, 0) is 0 Å². The van der Waals surface area contributed by atoms with Crippen molar-refractivity contribution in [2.75, 3.05) is 26.7 Å². The smallest absolute Gasteiger partial charge is 0.185 e. The van der Waals surface area contributed by atoms with E-state index in [0.717, 1.165) is 11.0 Å². The average Bonchev–Trinajstić information content (AvgIpc) is 2.33. The summed E-state index contributed by atoms with van der Waals surface area (Å²) in [5.74, 6) is 0. The Morgan fingerprint density at radius 2 is 2.40 bits per heavy atom. The van der Waals surface area contributed by atoms with Crippen LogP contribution in [0.1, 0.15) is 19.8 Å². The number of unbranched alkanes of at least 4 members (excludes halogenated alkanes) is 1. The van der Waals surface area contributed by atoms with Crippen molar-refractivity contribution in [1.82, 2.24) is 0 Å². The van der Waals surface area contributed by atoms with Gasteiger partial charge in [0.15, 0.2) is 6.34 Å². The number of likely N-dealkylation sites (N-methyl/N-ethyl adjacent to an activating group) is 1. The molecule has 0 aromatic rings. The fraction of sp³-hybridized carbons (Fsp3) is 0.875. The van der Waals surface area contributed by atoms with Gasteiger partial charge in [-0.05, 0) is 6.42 Å². The van der Waals surface area contributed by atoms with Crippen LogP contribution in [0.2, 0.25) is 0 Å². The van der Waals surface area contributed by atoms with Gasteiger partial charge in [-0.3, -0.25) is 4.48 Å². The summed E-state index contributed by atoms with van der Waals surface area (Å²) in [5, 5.41) is 0. The first kappa shape index (κ1) is 7.73. The summed E-state index contributed by atoms with van der Waals surface area (Å²) in [7, 11) is 2.26. The van der Waals surface area contributed by atoms with E-state index in [0.29, 0.717) is 0 Å². The monoisotopic (exact) mass is 141 g/mol. The lowest BCUT2D eigenvalue weighted by atomic mass is 10.3. The van der Waals surface area contributed by atoms with Gasteiger partial charge in [0.05, 0.1) is 20.1 Å². The maximum Gasteiger partial charge on any atom is 0.185 e. The van der Waals surface area contributed by atoms with E-state index in [-0.39, 0.29) is 0 Å². The first-order valence-electron chi connectivity index (χ1n) is 4.12. The number of hydrogen-bond acceptors (Lipinski definition) is 1. The van der Waals surface area contributed by atoms with Crippen LogP contribution in [-0.4, -0.2) is 37.5 Å².